The van der Waals surface area contributed by atoms with Gasteiger partial charge in [0.2, 0.25) is 17.7 Å². The second kappa shape index (κ2) is 14.5. The van der Waals surface area contributed by atoms with Crippen molar-refractivity contribution in [3.8, 4) is 17.3 Å². The molecule has 10 nitrogen and oxygen atoms in total. The Labute approximate surface area is 252 Å². The van der Waals surface area contributed by atoms with E-state index in [0.29, 0.717) is 42.5 Å². The highest BCUT2D eigenvalue weighted by Gasteiger charge is 2.42. The summed E-state index contributed by atoms with van der Waals surface area (Å²) in [6.45, 7) is 8.68. The zero-order chi connectivity index (χ0) is 31.1. The Morgan fingerprint density at radius 1 is 1.07 bits per heavy atom. The first kappa shape index (κ1) is 32.0. The maximum absolute atomic E-state index is 15.3. The molecule has 0 radical (unpaired) electrons. The molecule has 0 aliphatic carbocycles. The average molecular weight is 593 g/mol. The van der Waals surface area contributed by atoms with Gasteiger partial charge in [0.15, 0.2) is 5.82 Å². The SMILES string of the molecule is COCC[C@H](c1nccc(C)c1F)N1C[C@@H](C)N(C(=O)C(C)C)[C@@H](C(=O)NCc2ccc(-c3nccc(OC)n3)cc2)C1. The normalized spacial score (nSPS) is 18.0. The van der Waals surface area contributed by atoms with Gasteiger partial charge in [0, 0.05) is 69.3 Å². The third-order valence-electron chi connectivity index (χ3n) is 7.75. The van der Waals surface area contributed by atoms with Crippen molar-refractivity contribution in [3.05, 3.63) is 71.4 Å². The number of hydrogen-bond donors (Lipinski definition) is 1. The fourth-order valence-corrected chi connectivity index (χ4v) is 5.44. The first-order valence-corrected chi connectivity index (χ1v) is 14.5. The lowest BCUT2D eigenvalue weighted by atomic mass is 9.97. The average Bonchev–Trinajstić information content (AvgIpc) is 3.01. The number of halogens is 1. The molecule has 1 fully saturated rings. The van der Waals surface area contributed by atoms with Crippen LogP contribution in [-0.2, 0) is 20.9 Å². The van der Waals surface area contributed by atoms with E-state index in [9.17, 15) is 9.59 Å². The van der Waals surface area contributed by atoms with Gasteiger partial charge in [-0.3, -0.25) is 19.5 Å². The predicted octanol–water partition coefficient (Wildman–Crippen LogP) is 3.95. The number of aromatic nitrogens is 3. The molecule has 0 bridgehead atoms. The quantitative estimate of drug-likeness (QED) is 0.357. The summed E-state index contributed by atoms with van der Waals surface area (Å²) >= 11 is 0. The molecule has 1 saturated heterocycles. The number of hydrogen-bond acceptors (Lipinski definition) is 8. The molecule has 2 aromatic heterocycles. The van der Waals surface area contributed by atoms with Crippen LogP contribution < -0.4 is 10.1 Å². The Balaban J connectivity index is 1.55. The molecule has 0 saturated carbocycles. The third kappa shape index (κ3) is 7.52. The number of ether oxygens (including phenoxy) is 2. The van der Waals surface area contributed by atoms with Crippen molar-refractivity contribution < 1.29 is 23.5 Å². The summed E-state index contributed by atoms with van der Waals surface area (Å²) in [6.07, 6.45) is 3.73. The maximum Gasteiger partial charge on any atom is 0.244 e. The Kier molecular flexibility index (Phi) is 10.8. The number of aryl methyl sites for hydroxylation is 1. The largest absolute Gasteiger partial charge is 0.481 e. The van der Waals surface area contributed by atoms with Crippen molar-refractivity contribution in [2.24, 2.45) is 5.92 Å². The number of methoxy groups -OCH3 is 2. The molecular formula is C32H41FN6O4. The molecule has 3 aromatic rings. The number of carbonyl (C=O) groups is 2. The van der Waals surface area contributed by atoms with E-state index in [1.54, 1.807) is 50.6 Å². The topological polar surface area (TPSA) is 110 Å². The number of benzene rings is 1. The summed E-state index contributed by atoms with van der Waals surface area (Å²) in [5.41, 5.74) is 2.53. The van der Waals surface area contributed by atoms with Crippen molar-refractivity contribution in [2.75, 3.05) is 33.9 Å². The predicted molar refractivity (Wildman–Crippen MR) is 161 cm³/mol. The first-order chi connectivity index (χ1) is 20.6. The highest BCUT2D eigenvalue weighted by Crippen LogP contribution is 2.31. The Hall–Kier alpha value is -3.96. The van der Waals surface area contributed by atoms with Gasteiger partial charge in [-0.2, -0.15) is 4.98 Å². The van der Waals surface area contributed by atoms with Crippen LogP contribution in [0.25, 0.3) is 11.4 Å². The van der Waals surface area contributed by atoms with Crippen LogP contribution in [0, 0.1) is 18.7 Å². The molecule has 2 amide bonds. The van der Waals surface area contributed by atoms with Gasteiger partial charge in [0.25, 0.3) is 0 Å². The van der Waals surface area contributed by atoms with Crippen molar-refractivity contribution in [2.45, 2.75) is 58.8 Å². The third-order valence-corrected chi connectivity index (χ3v) is 7.75. The zero-order valence-electron chi connectivity index (χ0n) is 25.7. The standard InChI is InChI=1S/C32H41FN6O4/c1-20(2)32(41)39-22(4)18-38(25(13-16-42-5)29-28(33)21(3)11-14-34-29)19-26(39)31(40)36-17-23-7-9-24(10-8-23)30-35-15-12-27(37-30)43-6/h7-12,14-15,20,22,25-26H,13,16-19H2,1-6H3,(H,36,40)/t22-,25-,26-/m1/s1. The molecule has 4 rings (SSSR count). The molecular weight excluding hydrogens is 551 g/mol. The van der Waals surface area contributed by atoms with Crippen molar-refractivity contribution >= 4 is 11.8 Å². The molecule has 43 heavy (non-hydrogen) atoms. The second-order valence-electron chi connectivity index (χ2n) is 11.2. The lowest BCUT2D eigenvalue weighted by Crippen LogP contribution is -2.65. The van der Waals surface area contributed by atoms with E-state index in [1.807, 2.05) is 45.0 Å². The zero-order valence-corrected chi connectivity index (χ0v) is 25.7. The van der Waals surface area contributed by atoms with Crippen LogP contribution in [0.2, 0.25) is 0 Å². The summed E-state index contributed by atoms with van der Waals surface area (Å²) in [5.74, 6) is 0.00773. The van der Waals surface area contributed by atoms with Gasteiger partial charge in [-0.1, -0.05) is 38.1 Å². The van der Waals surface area contributed by atoms with Gasteiger partial charge >= 0.3 is 0 Å². The van der Waals surface area contributed by atoms with Gasteiger partial charge in [-0.25, -0.2) is 9.37 Å². The van der Waals surface area contributed by atoms with Crippen LogP contribution in [0.4, 0.5) is 4.39 Å². The van der Waals surface area contributed by atoms with Gasteiger partial charge in [-0.05, 0) is 37.5 Å². The summed E-state index contributed by atoms with van der Waals surface area (Å²) in [6, 6.07) is 9.44. The van der Waals surface area contributed by atoms with E-state index in [-0.39, 0.29) is 42.7 Å². The van der Waals surface area contributed by atoms with E-state index >= 15 is 4.39 Å². The summed E-state index contributed by atoms with van der Waals surface area (Å²) in [5, 5.41) is 3.03. The molecule has 3 heterocycles. The monoisotopic (exact) mass is 592 g/mol. The van der Waals surface area contributed by atoms with E-state index in [2.05, 4.69) is 25.2 Å². The number of rotatable bonds is 11. The van der Waals surface area contributed by atoms with E-state index in [0.717, 1.165) is 11.1 Å². The molecule has 1 aliphatic rings. The van der Waals surface area contributed by atoms with Gasteiger partial charge in [0.05, 0.1) is 18.8 Å². The molecule has 1 aromatic carbocycles. The number of amides is 2. The first-order valence-electron chi connectivity index (χ1n) is 14.5. The minimum absolute atomic E-state index is 0.0942. The number of pyridine rings is 1. The van der Waals surface area contributed by atoms with E-state index in [4.69, 9.17) is 9.47 Å². The molecule has 3 atom stereocenters. The molecule has 1 N–H and O–H groups in total. The van der Waals surface area contributed by atoms with Crippen LogP contribution in [0.5, 0.6) is 5.88 Å². The van der Waals surface area contributed by atoms with Gasteiger partial charge in [-0.15, -0.1) is 0 Å². The smallest absolute Gasteiger partial charge is 0.244 e. The van der Waals surface area contributed by atoms with E-state index in [1.165, 1.54) is 0 Å². The van der Waals surface area contributed by atoms with Gasteiger partial charge < -0.3 is 19.7 Å². The Morgan fingerprint density at radius 2 is 1.79 bits per heavy atom. The van der Waals surface area contributed by atoms with Crippen LogP contribution >= 0.6 is 0 Å². The van der Waals surface area contributed by atoms with Crippen LogP contribution in [0.1, 0.15) is 50.1 Å². The number of nitrogens with zero attached hydrogens (tertiary/aromatic N) is 5. The highest BCUT2D eigenvalue weighted by molar-refractivity contribution is 5.89. The number of carbonyl (C=O) groups excluding carboxylic acids is 2. The Bertz CT molecular complexity index is 1400. The number of nitrogens with one attached hydrogen (secondary N) is 1. The molecule has 0 spiro atoms. The number of piperazine rings is 1. The molecule has 0 unspecified atom stereocenters. The van der Waals surface area contributed by atoms with Gasteiger partial charge in [0.1, 0.15) is 11.9 Å². The molecule has 230 valence electrons. The van der Waals surface area contributed by atoms with Crippen LogP contribution in [0.15, 0.2) is 48.8 Å². The lowest BCUT2D eigenvalue weighted by molar-refractivity contribution is -0.151. The van der Waals surface area contributed by atoms with Crippen molar-refractivity contribution in [3.63, 3.8) is 0 Å². The minimum atomic E-state index is -0.763. The fraction of sp³-hybridized carbons (Fsp3) is 0.469. The molecule has 1 aliphatic heterocycles. The summed E-state index contributed by atoms with van der Waals surface area (Å²) in [7, 11) is 3.16. The van der Waals surface area contributed by atoms with Crippen LogP contribution in [-0.4, -0.2) is 82.6 Å². The maximum atomic E-state index is 15.3. The second-order valence-corrected chi connectivity index (χ2v) is 11.2. The highest BCUT2D eigenvalue weighted by atomic mass is 19.1. The fourth-order valence-electron chi connectivity index (χ4n) is 5.44. The van der Waals surface area contributed by atoms with Crippen molar-refractivity contribution in [1.29, 1.82) is 0 Å². The molecule has 11 heteroatoms. The summed E-state index contributed by atoms with van der Waals surface area (Å²) < 4.78 is 25.8. The van der Waals surface area contributed by atoms with Crippen molar-refractivity contribution in [1.82, 2.24) is 30.1 Å². The van der Waals surface area contributed by atoms with E-state index < -0.39 is 12.1 Å². The van der Waals surface area contributed by atoms with Crippen LogP contribution in [0.3, 0.4) is 0 Å². The summed E-state index contributed by atoms with van der Waals surface area (Å²) in [4.78, 5) is 43.9. The Morgan fingerprint density at radius 3 is 2.47 bits per heavy atom. The lowest BCUT2D eigenvalue weighted by Gasteiger charge is -2.47. The minimum Gasteiger partial charge on any atom is -0.481 e.